The van der Waals surface area contributed by atoms with Crippen molar-refractivity contribution >= 4 is 23.2 Å². The highest BCUT2D eigenvalue weighted by atomic mass is 35.5. The van der Waals surface area contributed by atoms with Crippen LogP contribution < -0.4 is 11.0 Å². The molecule has 0 fully saturated rings. The molecule has 35 heavy (non-hydrogen) atoms. The maximum absolute atomic E-state index is 13.5. The van der Waals surface area contributed by atoms with Crippen LogP contribution in [0.15, 0.2) is 70.1 Å². The minimum atomic E-state index is -0.557. The number of carbonyl (C=O) groups is 1. The van der Waals surface area contributed by atoms with E-state index in [2.05, 4.69) is 20.6 Å². The number of amides is 1. The predicted octanol–water partition coefficient (Wildman–Crippen LogP) is 3.46. The summed E-state index contributed by atoms with van der Waals surface area (Å²) >= 11 is 5.75. The van der Waals surface area contributed by atoms with E-state index in [-0.39, 0.29) is 35.5 Å². The van der Waals surface area contributed by atoms with Crippen LogP contribution in [0.5, 0.6) is 0 Å². The highest BCUT2D eigenvalue weighted by molar-refractivity contribution is 6.30. The molecule has 0 aliphatic heterocycles. The molecule has 0 bridgehead atoms. The zero-order chi connectivity index (χ0) is 24.5. The van der Waals surface area contributed by atoms with E-state index >= 15 is 0 Å². The predicted molar refractivity (Wildman–Crippen MR) is 121 cm³/mol. The van der Waals surface area contributed by atoms with Crippen LogP contribution in [0.3, 0.4) is 0 Å². The van der Waals surface area contributed by atoms with Gasteiger partial charge in [-0.15, -0.1) is 5.10 Å². The minimum absolute atomic E-state index is 0.0533. The highest BCUT2D eigenvalue weighted by Gasteiger charge is 2.19. The van der Waals surface area contributed by atoms with Gasteiger partial charge in [0.15, 0.2) is 5.65 Å². The van der Waals surface area contributed by atoms with Crippen molar-refractivity contribution in [2.75, 3.05) is 0 Å². The molecule has 0 saturated heterocycles. The summed E-state index contributed by atoms with van der Waals surface area (Å²) in [6.45, 7) is -0.260. The van der Waals surface area contributed by atoms with Gasteiger partial charge in [-0.3, -0.25) is 4.79 Å². The molecule has 9 nitrogen and oxygen atoms in total. The van der Waals surface area contributed by atoms with Crippen molar-refractivity contribution in [2.45, 2.75) is 13.1 Å². The normalized spacial score (nSPS) is 11.2. The van der Waals surface area contributed by atoms with Gasteiger partial charge in [-0.05, 0) is 42.0 Å². The Kier molecular flexibility index (Phi) is 5.83. The van der Waals surface area contributed by atoms with E-state index in [0.29, 0.717) is 16.7 Å². The lowest BCUT2D eigenvalue weighted by atomic mass is 10.2. The highest BCUT2D eigenvalue weighted by Crippen LogP contribution is 2.24. The molecule has 5 rings (SSSR count). The van der Waals surface area contributed by atoms with Crippen LogP contribution in [0.25, 0.3) is 28.5 Å². The minimum Gasteiger partial charge on any atom is -0.350 e. The fourth-order valence-corrected chi connectivity index (χ4v) is 3.63. The molecule has 12 heteroatoms. The first-order valence-electron chi connectivity index (χ1n) is 10.3. The van der Waals surface area contributed by atoms with Crippen LogP contribution in [-0.2, 0) is 17.9 Å². The summed E-state index contributed by atoms with van der Waals surface area (Å²) in [5.74, 6) is -1.24. The number of halogens is 3. The summed E-state index contributed by atoms with van der Waals surface area (Å²) in [4.78, 5) is 29.5. The first kappa shape index (κ1) is 22.4. The van der Waals surface area contributed by atoms with Crippen molar-refractivity contribution in [1.29, 1.82) is 0 Å². The fourth-order valence-electron chi connectivity index (χ4n) is 3.43. The van der Waals surface area contributed by atoms with Gasteiger partial charge in [0, 0.05) is 18.3 Å². The van der Waals surface area contributed by atoms with Crippen molar-refractivity contribution in [3.05, 3.63) is 93.5 Å². The molecule has 1 N–H and O–H groups in total. The second kappa shape index (κ2) is 9.11. The Balaban J connectivity index is 1.38. The molecule has 0 unspecified atom stereocenters. The molecular formula is C23H15ClF2N6O3. The number of carbonyl (C=O) groups excluding carboxylic acids is 1. The van der Waals surface area contributed by atoms with E-state index in [1.165, 1.54) is 47.0 Å². The van der Waals surface area contributed by atoms with Crippen LogP contribution >= 0.6 is 11.6 Å². The van der Waals surface area contributed by atoms with Gasteiger partial charge >= 0.3 is 5.69 Å². The Morgan fingerprint density at radius 2 is 1.97 bits per heavy atom. The Bertz CT molecular complexity index is 1630. The first-order valence-corrected chi connectivity index (χ1v) is 10.7. The van der Waals surface area contributed by atoms with Gasteiger partial charge in [-0.1, -0.05) is 35.0 Å². The second-order valence-corrected chi connectivity index (χ2v) is 7.92. The van der Waals surface area contributed by atoms with Crippen molar-refractivity contribution in [1.82, 2.24) is 29.6 Å². The van der Waals surface area contributed by atoms with E-state index in [1.807, 2.05) is 0 Å². The molecule has 3 heterocycles. The summed E-state index contributed by atoms with van der Waals surface area (Å²) in [5.41, 5.74) is 1.03. The lowest BCUT2D eigenvalue weighted by Crippen LogP contribution is -2.32. The van der Waals surface area contributed by atoms with Crippen molar-refractivity contribution in [3.63, 3.8) is 0 Å². The Labute approximate surface area is 200 Å². The molecule has 3 aromatic heterocycles. The smallest absolute Gasteiger partial charge is 0.350 e. The second-order valence-electron chi connectivity index (χ2n) is 7.51. The van der Waals surface area contributed by atoms with Crippen LogP contribution in [0, 0.1) is 11.6 Å². The molecule has 176 valence electrons. The molecule has 0 atom stereocenters. The maximum atomic E-state index is 13.5. The molecule has 0 saturated carbocycles. The number of pyridine rings is 1. The average Bonchev–Trinajstić information content (AvgIpc) is 3.45. The number of fused-ring (bicyclic) bond motifs is 1. The maximum Gasteiger partial charge on any atom is 0.350 e. The van der Waals surface area contributed by atoms with E-state index in [4.69, 9.17) is 16.1 Å². The molecule has 1 amide bonds. The van der Waals surface area contributed by atoms with E-state index < -0.39 is 23.2 Å². The third-order valence-corrected chi connectivity index (χ3v) is 5.41. The number of nitrogens with zero attached hydrogens (tertiary/aromatic N) is 5. The van der Waals surface area contributed by atoms with E-state index in [0.717, 1.165) is 4.68 Å². The van der Waals surface area contributed by atoms with Crippen LogP contribution in [0.2, 0.25) is 5.02 Å². The van der Waals surface area contributed by atoms with Crippen molar-refractivity contribution in [3.8, 4) is 22.8 Å². The van der Waals surface area contributed by atoms with Gasteiger partial charge in [0.1, 0.15) is 18.2 Å². The summed E-state index contributed by atoms with van der Waals surface area (Å²) in [6, 6.07) is 13.1. The largest absolute Gasteiger partial charge is 0.350 e. The molecule has 5 aromatic rings. The Morgan fingerprint density at radius 3 is 2.77 bits per heavy atom. The zero-order valence-corrected chi connectivity index (χ0v) is 18.5. The van der Waals surface area contributed by atoms with E-state index in [1.54, 1.807) is 18.2 Å². The summed E-state index contributed by atoms with van der Waals surface area (Å²) < 4.78 is 34.4. The van der Waals surface area contributed by atoms with Gasteiger partial charge in [-0.2, -0.15) is 4.98 Å². The number of hydrogen-bond acceptors (Lipinski definition) is 6. The molecule has 0 radical (unpaired) electrons. The Hall–Kier alpha value is -4.38. The molecule has 2 aromatic carbocycles. The summed E-state index contributed by atoms with van der Waals surface area (Å²) in [6.07, 6.45) is 1.49. The van der Waals surface area contributed by atoms with Gasteiger partial charge < -0.3 is 9.84 Å². The van der Waals surface area contributed by atoms with Gasteiger partial charge in [0.05, 0.1) is 10.6 Å². The number of benzene rings is 2. The fraction of sp³-hybridized carbons (Fsp3) is 0.0870. The number of hydrogen-bond donors (Lipinski definition) is 1. The average molecular weight is 497 g/mol. The van der Waals surface area contributed by atoms with Crippen molar-refractivity contribution in [2.24, 2.45) is 0 Å². The standard InChI is InChI=1S/C23H15ClF2N6O3/c24-17-9-13(6-7-18(17)26)11-27-19(33)12-32-23(34)31-8-2-5-16(21(31)29-32)22-28-20(30-35-22)14-3-1-4-15(25)10-14/h1-10H,11-12H2,(H,27,33). The third-order valence-electron chi connectivity index (χ3n) is 5.12. The summed E-state index contributed by atoms with van der Waals surface area (Å²) in [7, 11) is 0. The van der Waals surface area contributed by atoms with Gasteiger partial charge in [0.25, 0.3) is 5.89 Å². The molecule has 0 aliphatic rings. The topological polar surface area (TPSA) is 107 Å². The first-order chi connectivity index (χ1) is 16.9. The monoisotopic (exact) mass is 496 g/mol. The number of nitrogens with one attached hydrogen (secondary N) is 1. The van der Waals surface area contributed by atoms with Crippen LogP contribution in [0.4, 0.5) is 8.78 Å². The quantitative estimate of drug-likeness (QED) is 0.386. The SMILES string of the molecule is O=C(Cn1nc2c(-c3nc(-c4cccc(F)c4)no3)cccn2c1=O)NCc1ccc(F)c(Cl)c1. The molecule has 0 spiro atoms. The lowest BCUT2D eigenvalue weighted by molar-refractivity contribution is -0.122. The Morgan fingerprint density at radius 1 is 1.11 bits per heavy atom. The van der Waals surface area contributed by atoms with Crippen molar-refractivity contribution < 1.29 is 18.1 Å². The lowest BCUT2D eigenvalue weighted by Gasteiger charge is -2.05. The molecule has 0 aliphatic carbocycles. The van der Waals surface area contributed by atoms with Crippen LogP contribution in [0.1, 0.15) is 5.56 Å². The van der Waals surface area contributed by atoms with Gasteiger partial charge in [-0.25, -0.2) is 22.7 Å². The van der Waals surface area contributed by atoms with Crippen LogP contribution in [-0.4, -0.2) is 30.2 Å². The third kappa shape index (κ3) is 4.53. The van der Waals surface area contributed by atoms with Gasteiger partial charge in [0.2, 0.25) is 11.7 Å². The summed E-state index contributed by atoms with van der Waals surface area (Å²) in [5, 5.41) is 10.7. The molecular weight excluding hydrogens is 482 g/mol. The number of rotatable bonds is 6. The van der Waals surface area contributed by atoms with E-state index in [9.17, 15) is 18.4 Å². The number of aromatic nitrogens is 5. The zero-order valence-electron chi connectivity index (χ0n) is 17.8.